The minimum Gasteiger partial charge on any atom is -0.483 e. The molecule has 4 atom stereocenters. The number of aromatic nitrogens is 9. The number of rotatable bonds is 12. The normalized spacial score (nSPS) is 16.0. The second-order valence-corrected chi connectivity index (χ2v) is 24.7. The van der Waals surface area contributed by atoms with Gasteiger partial charge in [0.05, 0.1) is 23.1 Å². The van der Waals surface area contributed by atoms with E-state index in [-0.39, 0.29) is 24.0 Å². The van der Waals surface area contributed by atoms with Crippen LogP contribution >= 0.6 is 0 Å². The number of hydrogen-bond acceptors (Lipinski definition) is 11. The highest BCUT2D eigenvalue weighted by molar-refractivity contribution is 5.88. The topological polar surface area (TPSA) is 147 Å². The number of allylic oxidation sites excluding steroid dienone is 2. The molecule has 4 aliphatic rings. The highest BCUT2D eigenvalue weighted by Crippen LogP contribution is 2.56. The Morgan fingerprint density at radius 1 is 0.316 bits per heavy atom. The molecule has 13 heteroatoms. The smallest absolute Gasteiger partial charge is 0.355 e. The minimum absolute atomic E-state index is 0.0549. The monoisotopic (exact) mass is 1260 g/mol. The van der Waals surface area contributed by atoms with Gasteiger partial charge in [-0.1, -0.05) is 261 Å². The maximum Gasteiger partial charge on any atom is 0.355 e. The van der Waals surface area contributed by atoms with Gasteiger partial charge in [-0.3, -0.25) is 0 Å². The van der Waals surface area contributed by atoms with Crippen molar-refractivity contribution in [2.75, 3.05) is 4.90 Å². The van der Waals surface area contributed by atoms with Crippen molar-refractivity contribution in [2.45, 2.75) is 24.0 Å². The maximum absolute atomic E-state index is 14.8. The van der Waals surface area contributed by atoms with Gasteiger partial charge >= 0.3 is 11.4 Å². The minimum atomic E-state index is -0.465. The van der Waals surface area contributed by atoms with Crippen LogP contribution in [-0.2, 0) is 0 Å². The molecule has 4 unspecified atom stereocenters. The molecule has 464 valence electrons. The van der Waals surface area contributed by atoms with Crippen molar-refractivity contribution in [3.05, 3.63) is 346 Å². The van der Waals surface area contributed by atoms with E-state index in [1.54, 1.807) is 9.13 Å². The Morgan fingerprint density at radius 3 is 1.34 bits per heavy atom. The Kier molecular flexibility index (Phi) is 14.1. The number of nitrogens with zero attached hydrogens (tertiary/aromatic N) is 10. The first kappa shape index (κ1) is 57.5. The summed E-state index contributed by atoms with van der Waals surface area (Å²) >= 11 is 0. The maximum atomic E-state index is 14.8. The highest BCUT2D eigenvalue weighted by atomic mass is 16.5. The van der Waals surface area contributed by atoms with Gasteiger partial charge in [0, 0.05) is 62.0 Å². The van der Waals surface area contributed by atoms with Crippen LogP contribution in [0, 0.1) is 0 Å². The Bertz CT molecular complexity index is 5750. The van der Waals surface area contributed by atoms with E-state index in [9.17, 15) is 9.59 Å². The molecule has 0 N–H and O–H groups in total. The zero-order chi connectivity index (χ0) is 65.2. The van der Waals surface area contributed by atoms with Gasteiger partial charge in [-0.15, -0.1) is 0 Å². The second kappa shape index (κ2) is 24.0. The molecule has 18 rings (SSSR count). The first-order valence-electron chi connectivity index (χ1n) is 32.7. The molecule has 0 saturated heterocycles. The van der Waals surface area contributed by atoms with E-state index in [1.807, 2.05) is 212 Å². The number of hydrogen-bond donors (Lipinski definition) is 0. The Hall–Kier alpha value is -13.1. The molecule has 0 amide bonds. The fourth-order valence-electron chi connectivity index (χ4n) is 14.2. The first-order chi connectivity index (χ1) is 48.4. The molecular formula is C85H56N10O3. The van der Waals surface area contributed by atoms with Crippen LogP contribution in [-0.4, -0.2) is 56.2 Å². The van der Waals surface area contributed by atoms with Crippen LogP contribution in [0.15, 0.2) is 313 Å². The summed E-state index contributed by atoms with van der Waals surface area (Å²) in [5, 5.41) is 2.31. The summed E-state index contributed by atoms with van der Waals surface area (Å²) in [6.07, 6.45) is 12.8. The average Bonchev–Trinajstić information content (AvgIpc) is 1.67. The molecule has 2 aliphatic heterocycles. The summed E-state index contributed by atoms with van der Waals surface area (Å²) in [5.41, 5.74) is 13.8. The molecule has 0 fully saturated rings. The average molecular weight is 1270 g/mol. The van der Waals surface area contributed by atoms with Crippen LogP contribution in [0.3, 0.4) is 0 Å². The van der Waals surface area contributed by atoms with Gasteiger partial charge in [0.25, 0.3) is 0 Å². The van der Waals surface area contributed by atoms with E-state index >= 15 is 0 Å². The second-order valence-electron chi connectivity index (χ2n) is 24.7. The van der Waals surface area contributed by atoms with Gasteiger partial charge in [0.1, 0.15) is 11.9 Å². The Morgan fingerprint density at radius 2 is 0.745 bits per heavy atom. The van der Waals surface area contributed by atoms with Gasteiger partial charge in [-0.05, 0) is 92.9 Å². The van der Waals surface area contributed by atoms with Crippen molar-refractivity contribution in [1.82, 2.24) is 44.0 Å². The predicted octanol–water partition coefficient (Wildman–Crippen LogP) is 15.6. The van der Waals surface area contributed by atoms with Crippen LogP contribution in [0.5, 0.6) is 5.75 Å². The summed E-state index contributed by atoms with van der Waals surface area (Å²) in [7, 11) is 0. The lowest BCUT2D eigenvalue weighted by Crippen LogP contribution is -2.38. The van der Waals surface area contributed by atoms with Gasteiger partial charge in [-0.2, -0.15) is 9.97 Å². The fraction of sp³-hybridized carbons (Fsp3) is 0.0471. The molecule has 11 aromatic carbocycles. The van der Waals surface area contributed by atoms with Crippen LogP contribution in [0.1, 0.15) is 23.0 Å². The number of fused-ring (bicyclic) bond motifs is 7. The molecule has 98 heavy (non-hydrogen) atoms. The van der Waals surface area contributed by atoms with Crippen molar-refractivity contribution in [2.24, 2.45) is 0 Å². The van der Waals surface area contributed by atoms with Crippen molar-refractivity contribution >= 4 is 23.5 Å². The molecule has 0 saturated carbocycles. The summed E-state index contributed by atoms with van der Waals surface area (Å²) in [6, 6.07) is 92.5. The molecule has 5 heterocycles. The molecule has 3 aromatic heterocycles. The molecule has 0 spiro atoms. The number of benzene rings is 11. The van der Waals surface area contributed by atoms with Gasteiger partial charge < -0.3 is 9.64 Å². The third-order valence-corrected chi connectivity index (χ3v) is 18.8. The predicted molar refractivity (Wildman–Crippen MR) is 386 cm³/mol. The van der Waals surface area contributed by atoms with Crippen molar-refractivity contribution < 1.29 is 4.74 Å². The zero-order valence-electron chi connectivity index (χ0n) is 52.5. The van der Waals surface area contributed by atoms with E-state index < -0.39 is 11.4 Å². The largest absolute Gasteiger partial charge is 0.483 e. The SMILES string of the molecule is O=c1nc(-c2cccc(-c3ccc4c(c3)C3C=c5ccccc5=CC3N4c3ccc(-n4c(-c5ccccc5)nc(-c5ccccc5)nc4=O)c4c3OC3C=CC=CC43)c2)nc(-c2ccccc2)n1-c1ccc(-c2cccc(-c3nc(-c4ccccc4)nc(-c4ccccc4)n3)c2)cc1. The van der Waals surface area contributed by atoms with E-state index in [1.165, 1.54) is 0 Å². The third kappa shape index (κ3) is 10.2. The van der Waals surface area contributed by atoms with E-state index in [2.05, 4.69) is 113 Å². The van der Waals surface area contributed by atoms with E-state index in [0.29, 0.717) is 63.5 Å². The quantitative estimate of drug-likeness (QED) is 0.115. The number of ether oxygens (including phenoxy) is 1. The standard InChI is InChI=1S/C85H56N10O3/c96-84-92-81(90-82(57-28-12-4-13-29-57)93(84)66-43-40-53(41-44-66)59-34-20-36-64(48-59)80-87-77(54-22-6-1-7-23-54)86-78(88-80)55-24-8-2-9-25-55)65-37-21-35-60(49-65)63-42-45-70-68(51-63)69-50-61-32-16-17-33-62(61)52-73(69)94(70)72-47-46-71(75-67-38-18-19-39-74(67)98-76(72)75)95-83(58-30-14-5-15-31-58)89-79(91-85(95)97)56-26-10-3-11-27-56/h1-52,67,69,73-74H. The van der Waals surface area contributed by atoms with Crippen molar-refractivity contribution in [3.8, 4) is 119 Å². The first-order valence-corrected chi connectivity index (χ1v) is 32.7. The van der Waals surface area contributed by atoms with Crippen LogP contribution < -0.4 is 31.5 Å². The van der Waals surface area contributed by atoms with Crippen LogP contribution in [0.4, 0.5) is 11.4 Å². The number of anilines is 2. The van der Waals surface area contributed by atoms with Gasteiger partial charge in [-0.25, -0.2) is 43.6 Å². The zero-order valence-corrected chi connectivity index (χ0v) is 52.5. The summed E-state index contributed by atoms with van der Waals surface area (Å²) in [4.78, 5) is 66.7. The molecule has 13 nitrogen and oxygen atoms in total. The molecule has 0 radical (unpaired) electrons. The fourth-order valence-corrected chi connectivity index (χ4v) is 14.2. The van der Waals surface area contributed by atoms with E-state index in [4.69, 9.17) is 34.6 Å². The third-order valence-electron chi connectivity index (χ3n) is 18.8. The van der Waals surface area contributed by atoms with Gasteiger partial charge in [0.15, 0.2) is 40.8 Å². The summed E-state index contributed by atoms with van der Waals surface area (Å²) in [5.74, 6) is 3.78. The summed E-state index contributed by atoms with van der Waals surface area (Å²) in [6.45, 7) is 0. The van der Waals surface area contributed by atoms with Crippen LogP contribution in [0.2, 0.25) is 0 Å². The van der Waals surface area contributed by atoms with Crippen LogP contribution in [0.25, 0.3) is 125 Å². The van der Waals surface area contributed by atoms with Crippen molar-refractivity contribution in [1.29, 1.82) is 0 Å². The molecular weight excluding hydrogens is 1210 g/mol. The van der Waals surface area contributed by atoms with Crippen molar-refractivity contribution in [3.63, 3.8) is 0 Å². The molecule has 2 aliphatic carbocycles. The lowest BCUT2D eigenvalue weighted by atomic mass is 9.87. The summed E-state index contributed by atoms with van der Waals surface area (Å²) < 4.78 is 10.4. The molecule has 0 bridgehead atoms. The highest BCUT2D eigenvalue weighted by Gasteiger charge is 2.44. The Labute approximate surface area is 563 Å². The molecule has 14 aromatic rings. The lowest BCUT2D eigenvalue weighted by Gasteiger charge is -2.30. The Balaban J connectivity index is 0.701. The van der Waals surface area contributed by atoms with E-state index in [0.717, 1.165) is 88.6 Å². The lowest BCUT2D eigenvalue weighted by molar-refractivity contribution is 0.269. The van der Waals surface area contributed by atoms with Gasteiger partial charge in [0.2, 0.25) is 0 Å².